The highest BCUT2D eigenvalue weighted by Crippen LogP contribution is 2.13. The topological polar surface area (TPSA) is 51.1 Å². The van der Waals surface area contributed by atoms with Crippen molar-refractivity contribution in [1.29, 1.82) is 0 Å². The molecule has 4 heteroatoms. The van der Waals surface area contributed by atoms with Crippen LogP contribution >= 0.6 is 0 Å². The minimum Gasteiger partial charge on any atom is -0.333 e. The van der Waals surface area contributed by atoms with Gasteiger partial charge in [0.15, 0.2) is 0 Å². The van der Waals surface area contributed by atoms with Crippen molar-refractivity contribution in [3.8, 4) is 0 Å². The number of pyridine rings is 1. The van der Waals surface area contributed by atoms with Crippen LogP contribution in [0.25, 0.3) is 10.8 Å². The molecule has 4 nitrogen and oxygen atoms in total. The van der Waals surface area contributed by atoms with Crippen molar-refractivity contribution < 1.29 is 4.79 Å². The number of amides is 1. The van der Waals surface area contributed by atoms with Crippen LogP contribution in [0.4, 0.5) is 0 Å². The molecule has 0 fully saturated rings. The Morgan fingerprint density at radius 2 is 2.00 bits per heavy atom. The predicted octanol–water partition coefficient (Wildman–Crippen LogP) is 0.702. The molecule has 0 spiro atoms. The second-order valence-corrected chi connectivity index (χ2v) is 3.51. The molecule has 15 heavy (non-hydrogen) atoms. The molecule has 0 saturated heterocycles. The molecule has 0 unspecified atom stereocenters. The molecule has 0 bridgehead atoms. The van der Waals surface area contributed by atoms with Crippen molar-refractivity contribution in [3.05, 3.63) is 46.4 Å². The summed E-state index contributed by atoms with van der Waals surface area (Å²) >= 11 is 0. The summed E-state index contributed by atoms with van der Waals surface area (Å²) < 4.78 is 1.46. The van der Waals surface area contributed by atoms with Gasteiger partial charge in [0.25, 0.3) is 11.5 Å². The fraction of sp³-hybridized carbons (Fsp3) is 0.0909. The Balaban J connectivity index is 2.51. The Kier molecular flexibility index (Phi) is 1.48. The van der Waals surface area contributed by atoms with Crippen LogP contribution in [0.15, 0.2) is 35.1 Å². The van der Waals surface area contributed by atoms with E-state index in [0.29, 0.717) is 11.1 Å². The number of hydrogen-bond acceptors (Lipinski definition) is 2. The Labute approximate surface area is 85.1 Å². The lowest BCUT2D eigenvalue weighted by molar-refractivity contribution is 0.0966. The third kappa shape index (κ3) is 1.01. The standard InChI is InChI=1S/C11H8N2O2/c14-10-9-5-7-3-1-2-4-8(7)11(15)13(9)6-12-10/h1-5H,6H2,(H,12,14). The third-order valence-electron chi connectivity index (χ3n) is 2.65. The van der Waals surface area contributed by atoms with Crippen molar-refractivity contribution in [2.24, 2.45) is 0 Å². The fourth-order valence-corrected chi connectivity index (χ4v) is 1.88. The van der Waals surface area contributed by atoms with Crippen molar-refractivity contribution >= 4 is 16.7 Å². The van der Waals surface area contributed by atoms with E-state index >= 15 is 0 Å². The number of carbonyl (C=O) groups excluding carboxylic acids is 1. The average molecular weight is 200 g/mol. The monoisotopic (exact) mass is 200 g/mol. The van der Waals surface area contributed by atoms with Crippen LogP contribution in [0.3, 0.4) is 0 Å². The van der Waals surface area contributed by atoms with E-state index in [-0.39, 0.29) is 18.1 Å². The summed E-state index contributed by atoms with van der Waals surface area (Å²) in [4.78, 5) is 23.3. The number of fused-ring (bicyclic) bond motifs is 2. The zero-order valence-electron chi connectivity index (χ0n) is 7.86. The second-order valence-electron chi connectivity index (χ2n) is 3.51. The maximum absolute atomic E-state index is 11.9. The van der Waals surface area contributed by atoms with Gasteiger partial charge in [-0.3, -0.25) is 14.2 Å². The summed E-state index contributed by atoms with van der Waals surface area (Å²) in [5.74, 6) is -0.183. The molecule has 74 valence electrons. The second kappa shape index (κ2) is 2.70. The van der Waals surface area contributed by atoms with E-state index in [1.807, 2.05) is 18.2 Å². The van der Waals surface area contributed by atoms with E-state index in [0.717, 1.165) is 5.39 Å². The van der Waals surface area contributed by atoms with Gasteiger partial charge in [-0.25, -0.2) is 0 Å². The minimum atomic E-state index is -0.183. The molecular formula is C11H8N2O2. The highest BCUT2D eigenvalue weighted by Gasteiger charge is 2.20. The molecule has 2 aromatic rings. The van der Waals surface area contributed by atoms with Gasteiger partial charge in [0, 0.05) is 5.39 Å². The minimum absolute atomic E-state index is 0.110. The molecule has 1 aliphatic rings. The normalized spacial score (nSPS) is 14.0. The van der Waals surface area contributed by atoms with Crippen LogP contribution in [0.2, 0.25) is 0 Å². The van der Waals surface area contributed by atoms with E-state index in [1.54, 1.807) is 12.1 Å². The first-order valence-electron chi connectivity index (χ1n) is 4.68. The van der Waals surface area contributed by atoms with Crippen LogP contribution in [-0.2, 0) is 6.67 Å². The molecule has 3 rings (SSSR count). The first-order chi connectivity index (χ1) is 7.27. The summed E-state index contributed by atoms with van der Waals surface area (Å²) in [6.45, 7) is 0.276. The summed E-state index contributed by atoms with van der Waals surface area (Å²) in [6.07, 6.45) is 0. The van der Waals surface area contributed by atoms with Crippen molar-refractivity contribution in [1.82, 2.24) is 9.88 Å². The van der Waals surface area contributed by atoms with Crippen molar-refractivity contribution in [2.45, 2.75) is 6.67 Å². The Morgan fingerprint density at radius 1 is 1.20 bits per heavy atom. The van der Waals surface area contributed by atoms with Gasteiger partial charge in [-0.15, -0.1) is 0 Å². The Bertz CT molecular complexity index is 628. The zero-order valence-corrected chi connectivity index (χ0v) is 7.86. The van der Waals surface area contributed by atoms with E-state index < -0.39 is 0 Å². The van der Waals surface area contributed by atoms with Crippen LogP contribution in [0.1, 0.15) is 10.5 Å². The first kappa shape index (κ1) is 8.23. The first-order valence-corrected chi connectivity index (χ1v) is 4.68. The number of carbonyl (C=O) groups is 1. The van der Waals surface area contributed by atoms with Gasteiger partial charge >= 0.3 is 0 Å². The quantitative estimate of drug-likeness (QED) is 0.680. The molecule has 0 atom stereocenters. The zero-order chi connectivity index (χ0) is 10.4. The van der Waals surface area contributed by atoms with Crippen LogP contribution in [0, 0.1) is 0 Å². The highest BCUT2D eigenvalue weighted by atomic mass is 16.2. The van der Waals surface area contributed by atoms with Gasteiger partial charge in [0.1, 0.15) is 5.69 Å². The highest BCUT2D eigenvalue weighted by molar-refractivity contribution is 5.97. The molecule has 2 heterocycles. The smallest absolute Gasteiger partial charge is 0.269 e. The van der Waals surface area contributed by atoms with Gasteiger partial charge < -0.3 is 5.32 Å². The summed E-state index contributed by atoms with van der Waals surface area (Å²) in [5, 5.41) is 4.09. The summed E-state index contributed by atoms with van der Waals surface area (Å²) in [7, 11) is 0. The average Bonchev–Trinajstić information content (AvgIpc) is 2.62. The van der Waals surface area contributed by atoms with Crippen LogP contribution in [0.5, 0.6) is 0 Å². The van der Waals surface area contributed by atoms with Crippen molar-refractivity contribution in [3.63, 3.8) is 0 Å². The number of benzene rings is 1. The predicted molar refractivity (Wildman–Crippen MR) is 55.7 cm³/mol. The van der Waals surface area contributed by atoms with E-state index in [4.69, 9.17) is 0 Å². The molecule has 0 saturated carbocycles. The van der Waals surface area contributed by atoms with Gasteiger partial charge in [-0.1, -0.05) is 18.2 Å². The van der Waals surface area contributed by atoms with Crippen LogP contribution < -0.4 is 10.9 Å². The molecule has 0 aliphatic carbocycles. The SMILES string of the molecule is O=C1NCn2c1cc1ccccc1c2=O. The molecule has 1 N–H and O–H groups in total. The lowest BCUT2D eigenvalue weighted by atomic mass is 10.1. The Morgan fingerprint density at radius 3 is 2.87 bits per heavy atom. The van der Waals surface area contributed by atoms with E-state index in [2.05, 4.69) is 5.32 Å². The Hall–Kier alpha value is -2.10. The van der Waals surface area contributed by atoms with Gasteiger partial charge in [0.05, 0.1) is 6.67 Å². The molecule has 1 aromatic carbocycles. The molecule has 0 radical (unpaired) electrons. The molecule has 1 amide bonds. The van der Waals surface area contributed by atoms with Gasteiger partial charge in [0.2, 0.25) is 0 Å². The lowest BCUT2D eigenvalue weighted by Crippen LogP contribution is -2.20. The number of aromatic nitrogens is 1. The summed E-state index contributed by atoms with van der Waals surface area (Å²) in [5.41, 5.74) is 0.333. The molecule has 1 aromatic heterocycles. The number of rotatable bonds is 0. The van der Waals surface area contributed by atoms with E-state index in [1.165, 1.54) is 4.57 Å². The lowest BCUT2D eigenvalue weighted by Gasteiger charge is -2.02. The third-order valence-corrected chi connectivity index (χ3v) is 2.65. The number of nitrogens with zero attached hydrogens (tertiary/aromatic N) is 1. The molecule has 1 aliphatic heterocycles. The molecular weight excluding hydrogens is 192 g/mol. The van der Waals surface area contributed by atoms with Crippen molar-refractivity contribution in [2.75, 3.05) is 0 Å². The fourth-order valence-electron chi connectivity index (χ4n) is 1.88. The van der Waals surface area contributed by atoms with Crippen LogP contribution in [-0.4, -0.2) is 10.5 Å². The summed E-state index contributed by atoms with van der Waals surface area (Å²) in [6, 6.07) is 9.03. The maximum Gasteiger partial charge on any atom is 0.269 e. The van der Waals surface area contributed by atoms with E-state index in [9.17, 15) is 9.59 Å². The maximum atomic E-state index is 11.9. The number of nitrogens with one attached hydrogen (secondary N) is 1. The van der Waals surface area contributed by atoms with Gasteiger partial charge in [-0.2, -0.15) is 0 Å². The van der Waals surface area contributed by atoms with Gasteiger partial charge in [-0.05, 0) is 17.5 Å². The number of hydrogen-bond donors (Lipinski definition) is 1. The largest absolute Gasteiger partial charge is 0.333 e.